The van der Waals surface area contributed by atoms with Crippen molar-refractivity contribution in [3.8, 4) is 0 Å². The van der Waals surface area contributed by atoms with Gasteiger partial charge in [0, 0.05) is 12.6 Å². The van der Waals surface area contributed by atoms with Crippen molar-refractivity contribution in [1.29, 1.82) is 0 Å². The summed E-state index contributed by atoms with van der Waals surface area (Å²) in [6, 6.07) is 0.692. The first-order valence-corrected chi connectivity index (χ1v) is 7.84. The monoisotopic (exact) mass is 254 g/mol. The zero-order valence-corrected chi connectivity index (χ0v) is 12.0. The molecule has 0 aromatic rings. The van der Waals surface area contributed by atoms with Gasteiger partial charge in [-0.1, -0.05) is 25.7 Å². The summed E-state index contributed by atoms with van der Waals surface area (Å²) >= 11 is 0. The van der Waals surface area contributed by atoms with Crippen molar-refractivity contribution >= 4 is 0 Å². The van der Waals surface area contributed by atoms with Gasteiger partial charge in [-0.2, -0.15) is 0 Å². The molecule has 1 unspecified atom stereocenters. The second kappa shape index (κ2) is 6.88. The SMILES string of the molecule is CNCCC1CCCCN1CC1(O)CCCCC1. The predicted octanol–water partition coefficient (Wildman–Crippen LogP) is 2.15. The first-order chi connectivity index (χ1) is 8.73. The Kier molecular flexibility index (Phi) is 5.46. The van der Waals surface area contributed by atoms with E-state index in [0.29, 0.717) is 6.04 Å². The number of nitrogens with one attached hydrogen (secondary N) is 1. The van der Waals surface area contributed by atoms with Gasteiger partial charge >= 0.3 is 0 Å². The molecule has 2 N–H and O–H groups in total. The van der Waals surface area contributed by atoms with Gasteiger partial charge in [0.1, 0.15) is 0 Å². The smallest absolute Gasteiger partial charge is 0.0774 e. The summed E-state index contributed by atoms with van der Waals surface area (Å²) in [5.74, 6) is 0. The van der Waals surface area contributed by atoms with Gasteiger partial charge in [0.2, 0.25) is 0 Å². The van der Waals surface area contributed by atoms with Crippen LogP contribution >= 0.6 is 0 Å². The van der Waals surface area contributed by atoms with Gasteiger partial charge in [0.05, 0.1) is 5.60 Å². The Bertz CT molecular complexity index is 239. The molecule has 0 aromatic carbocycles. The molecule has 1 saturated carbocycles. The van der Waals surface area contributed by atoms with Crippen molar-refractivity contribution in [3.05, 3.63) is 0 Å². The van der Waals surface area contributed by atoms with Gasteiger partial charge in [-0.25, -0.2) is 0 Å². The minimum atomic E-state index is -0.381. The van der Waals surface area contributed by atoms with Gasteiger partial charge in [-0.05, 0) is 52.2 Å². The maximum atomic E-state index is 10.7. The largest absolute Gasteiger partial charge is 0.389 e. The number of β-amino-alcohol motifs (C(OH)–C–C–N with tert-alkyl or cyclic N) is 1. The summed E-state index contributed by atoms with van der Waals surface area (Å²) in [5.41, 5.74) is -0.381. The highest BCUT2D eigenvalue weighted by Gasteiger charge is 2.34. The zero-order valence-electron chi connectivity index (χ0n) is 12.0. The van der Waals surface area contributed by atoms with Crippen LogP contribution in [-0.2, 0) is 0 Å². The van der Waals surface area contributed by atoms with E-state index in [2.05, 4.69) is 10.2 Å². The average molecular weight is 254 g/mol. The van der Waals surface area contributed by atoms with Crippen LogP contribution in [0.15, 0.2) is 0 Å². The molecule has 1 saturated heterocycles. The molecule has 1 heterocycles. The fraction of sp³-hybridized carbons (Fsp3) is 1.00. The van der Waals surface area contributed by atoms with E-state index in [4.69, 9.17) is 0 Å². The molecule has 1 aliphatic heterocycles. The fourth-order valence-electron chi connectivity index (χ4n) is 3.65. The van der Waals surface area contributed by atoms with Crippen LogP contribution in [0, 0.1) is 0 Å². The van der Waals surface area contributed by atoms with Crippen LogP contribution in [0.5, 0.6) is 0 Å². The quantitative estimate of drug-likeness (QED) is 0.789. The van der Waals surface area contributed by atoms with E-state index in [1.807, 2.05) is 7.05 Å². The lowest BCUT2D eigenvalue weighted by atomic mass is 9.83. The van der Waals surface area contributed by atoms with Crippen molar-refractivity contribution in [1.82, 2.24) is 10.2 Å². The first kappa shape index (κ1) is 14.3. The van der Waals surface area contributed by atoms with Crippen LogP contribution in [0.3, 0.4) is 0 Å². The maximum Gasteiger partial charge on any atom is 0.0774 e. The average Bonchev–Trinajstić information content (AvgIpc) is 2.38. The van der Waals surface area contributed by atoms with Crippen LogP contribution < -0.4 is 5.32 Å². The molecule has 0 bridgehead atoms. The van der Waals surface area contributed by atoms with Gasteiger partial charge in [0.15, 0.2) is 0 Å². The standard InChI is InChI=1S/C15H30N2O/c1-16-11-8-14-7-3-6-12-17(14)13-15(18)9-4-2-5-10-15/h14,16,18H,2-13H2,1H3. The first-order valence-electron chi connectivity index (χ1n) is 7.84. The Morgan fingerprint density at radius 2 is 1.94 bits per heavy atom. The molecule has 1 aliphatic carbocycles. The van der Waals surface area contributed by atoms with Crippen LogP contribution in [0.1, 0.15) is 57.8 Å². The van der Waals surface area contributed by atoms with Crippen LogP contribution in [0.4, 0.5) is 0 Å². The Labute approximate surface area is 112 Å². The lowest BCUT2D eigenvalue weighted by molar-refractivity contribution is -0.0428. The number of aliphatic hydroxyl groups is 1. The van der Waals surface area contributed by atoms with E-state index in [0.717, 1.165) is 25.9 Å². The van der Waals surface area contributed by atoms with E-state index in [9.17, 15) is 5.11 Å². The number of hydrogen-bond acceptors (Lipinski definition) is 3. The van der Waals surface area contributed by atoms with Crippen molar-refractivity contribution in [2.24, 2.45) is 0 Å². The van der Waals surface area contributed by atoms with Gasteiger partial charge in [-0.3, -0.25) is 4.90 Å². The highest BCUT2D eigenvalue weighted by Crippen LogP contribution is 2.31. The summed E-state index contributed by atoms with van der Waals surface area (Å²) in [6.07, 6.45) is 11.0. The minimum absolute atomic E-state index is 0.381. The Hall–Kier alpha value is -0.120. The summed E-state index contributed by atoms with van der Waals surface area (Å²) < 4.78 is 0. The predicted molar refractivity (Wildman–Crippen MR) is 75.8 cm³/mol. The van der Waals surface area contributed by atoms with E-state index in [1.165, 1.54) is 51.5 Å². The second-order valence-electron chi connectivity index (χ2n) is 6.30. The van der Waals surface area contributed by atoms with Gasteiger partial charge < -0.3 is 10.4 Å². The summed E-state index contributed by atoms with van der Waals surface area (Å²) in [7, 11) is 2.03. The molecule has 2 fully saturated rings. The van der Waals surface area contributed by atoms with Crippen molar-refractivity contribution in [2.75, 3.05) is 26.7 Å². The number of likely N-dealkylation sites (tertiary alicyclic amines) is 1. The van der Waals surface area contributed by atoms with Crippen LogP contribution in [0.2, 0.25) is 0 Å². The molecule has 0 spiro atoms. The molecule has 18 heavy (non-hydrogen) atoms. The Balaban J connectivity index is 1.87. The zero-order chi connectivity index (χ0) is 12.8. The summed E-state index contributed by atoms with van der Waals surface area (Å²) in [5, 5.41) is 14.0. The highest BCUT2D eigenvalue weighted by molar-refractivity contribution is 4.89. The number of nitrogens with zero attached hydrogens (tertiary/aromatic N) is 1. The lowest BCUT2D eigenvalue weighted by Gasteiger charge is -2.42. The van der Waals surface area contributed by atoms with E-state index < -0.39 is 0 Å². The second-order valence-corrected chi connectivity index (χ2v) is 6.30. The number of hydrogen-bond donors (Lipinski definition) is 2. The molecular formula is C15H30N2O. The minimum Gasteiger partial charge on any atom is -0.389 e. The number of piperidine rings is 1. The molecule has 2 rings (SSSR count). The van der Waals surface area contributed by atoms with Crippen LogP contribution in [0.25, 0.3) is 0 Å². The lowest BCUT2D eigenvalue weighted by Crippen LogP contribution is -2.50. The normalized spacial score (nSPS) is 29.3. The topological polar surface area (TPSA) is 35.5 Å². The summed E-state index contributed by atoms with van der Waals surface area (Å²) in [6.45, 7) is 3.21. The van der Waals surface area contributed by atoms with E-state index in [-0.39, 0.29) is 5.60 Å². The van der Waals surface area contributed by atoms with Crippen molar-refractivity contribution in [3.63, 3.8) is 0 Å². The Morgan fingerprint density at radius 3 is 2.67 bits per heavy atom. The molecule has 0 amide bonds. The van der Waals surface area contributed by atoms with Gasteiger partial charge in [-0.15, -0.1) is 0 Å². The molecular weight excluding hydrogens is 224 g/mol. The molecule has 0 radical (unpaired) electrons. The van der Waals surface area contributed by atoms with Crippen molar-refractivity contribution < 1.29 is 5.11 Å². The molecule has 0 aromatic heterocycles. The fourth-order valence-corrected chi connectivity index (χ4v) is 3.65. The number of rotatable bonds is 5. The third-order valence-electron chi connectivity index (χ3n) is 4.76. The third kappa shape index (κ3) is 3.94. The van der Waals surface area contributed by atoms with Crippen LogP contribution in [-0.4, -0.2) is 48.3 Å². The maximum absolute atomic E-state index is 10.7. The molecule has 1 atom stereocenters. The molecule has 3 nitrogen and oxygen atoms in total. The van der Waals surface area contributed by atoms with Crippen molar-refractivity contribution in [2.45, 2.75) is 69.4 Å². The van der Waals surface area contributed by atoms with Gasteiger partial charge in [0.25, 0.3) is 0 Å². The Morgan fingerprint density at radius 1 is 1.17 bits per heavy atom. The third-order valence-corrected chi connectivity index (χ3v) is 4.76. The summed E-state index contributed by atoms with van der Waals surface area (Å²) in [4.78, 5) is 2.58. The van der Waals surface area contributed by atoms with E-state index >= 15 is 0 Å². The van der Waals surface area contributed by atoms with E-state index in [1.54, 1.807) is 0 Å². The molecule has 106 valence electrons. The molecule has 3 heteroatoms. The highest BCUT2D eigenvalue weighted by atomic mass is 16.3. The molecule has 2 aliphatic rings.